The summed E-state index contributed by atoms with van der Waals surface area (Å²) in [5.41, 5.74) is 1.23. The van der Waals surface area contributed by atoms with Crippen LogP contribution in [0.4, 0.5) is 10.1 Å². The normalized spacial score (nSPS) is 15.6. The first-order chi connectivity index (χ1) is 13.6. The van der Waals surface area contributed by atoms with Crippen LogP contribution in [-0.4, -0.2) is 40.6 Å². The molecule has 146 valence electrons. The average molecular weight is 405 g/mol. The van der Waals surface area contributed by atoms with Gasteiger partial charge in [-0.25, -0.2) is 4.39 Å². The minimum absolute atomic E-state index is 0.0204. The molecule has 2 aromatic heterocycles. The lowest BCUT2D eigenvalue weighted by Crippen LogP contribution is -2.38. The summed E-state index contributed by atoms with van der Waals surface area (Å²) in [7, 11) is 0. The number of carbonyl (C=O) groups is 1. The summed E-state index contributed by atoms with van der Waals surface area (Å²) < 4.78 is 24.0. The molecule has 1 N–H and O–H groups in total. The highest BCUT2D eigenvalue weighted by Gasteiger charge is 2.26. The summed E-state index contributed by atoms with van der Waals surface area (Å²) >= 11 is 5.74. The van der Waals surface area contributed by atoms with E-state index in [4.69, 9.17) is 20.4 Å². The van der Waals surface area contributed by atoms with Crippen LogP contribution in [0.25, 0.3) is 11.5 Å². The van der Waals surface area contributed by atoms with Gasteiger partial charge in [-0.2, -0.15) is 0 Å². The van der Waals surface area contributed by atoms with E-state index in [-0.39, 0.29) is 23.4 Å². The SMILES string of the molecule is O=C(CN1CCC(c2nnc(-c3ccoc3)o2)CC1)Nc1ccc(F)c(Cl)c1. The number of benzene rings is 1. The Labute approximate surface area is 165 Å². The lowest BCUT2D eigenvalue weighted by molar-refractivity contribution is -0.117. The first kappa shape index (κ1) is 18.6. The van der Waals surface area contributed by atoms with Gasteiger partial charge in [0.05, 0.1) is 23.4 Å². The first-order valence-corrected chi connectivity index (χ1v) is 9.29. The number of hydrogen-bond acceptors (Lipinski definition) is 6. The van der Waals surface area contributed by atoms with Gasteiger partial charge in [0, 0.05) is 11.6 Å². The quantitative estimate of drug-likeness (QED) is 0.693. The molecule has 0 bridgehead atoms. The van der Waals surface area contributed by atoms with Crippen molar-refractivity contribution in [3.63, 3.8) is 0 Å². The van der Waals surface area contributed by atoms with Crippen molar-refractivity contribution < 1.29 is 18.0 Å². The number of anilines is 1. The Bertz CT molecular complexity index is 952. The fourth-order valence-corrected chi connectivity index (χ4v) is 3.40. The zero-order chi connectivity index (χ0) is 19.5. The van der Waals surface area contributed by atoms with E-state index in [0.717, 1.165) is 31.5 Å². The molecule has 9 heteroatoms. The standard InChI is InChI=1S/C19H18ClFN4O3/c20-15-9-14(1-2-16(15)21)22-17(26)10-25-6-3-12(4-7-25)18-23-24-19(28-18)13-5-8-27-11-13/h1-2,5,8-9,11-12H,3-4,6-7,10H2,(H,22,26). The Morgan fingerprint density at radius 3 is 2.82 bits per heavy atom. The second-order valence-corrected chi connectivity index (χ2v) is 7.09. The number of halogens is 2. The number of carbonyl (C=O) groups excluding carboxylic acids is 1. The van der Waals surface area contributed by atoms with Crippen LogP contribution in [-0.2, 0) is 4.79 Å². The zero-order valence-electron chi connectivity index (χ0n) is 14.9. The molecular formula is C19H18ClFN4O3. The molecule has 0 atom stereocenters. The van der Waals surface area contributed by atoms with Crippen LogP contribution >= 0.6 is 11.6 Å². The molecule has 0 aliphatic carbocycles. The molecule has 28 heavy (non-hydrogen) atoms. The van der Waals surface area contributed by atoms with E-state index in [1.165, 1.54) is 18.2 Å². The molecule has 3 aromatic rings. The third-order valence-electron chi connectivity index (χ3n) is 4.72. The Balaban J connectivity index is 1.28. The third-order valence-corrected chi connectivity index (χ3v) is 5.01. The van der Waals surface area contributed by atoms with Gasteiger partial charge in [0.2, 0.25) is 11.8 Å². The third kappa shape index (κ3) is 4.23. The predicted octanol–water partition coefficient (Wildman–Crippen LogP) is 3.94. The predicted molar refractivity (Wildman–Crippen MR) is 100 cm³/mol. The van der Waals surface area contributed by atoms with Gasteiger partial charge in [0.1, 0.15) is 12.1 Å². The van der Waals surface area contributed by atoms with Gasteiger partial charge in [0.15, 0.2) is 0 Å². The van der Waals surface area contributed by atoms with Crippen molar-refractivity contribution in [3.05, 3.63) is 53.5 Å². The minimum atomic E-state index is -0.515. The lowest BCUT2D eigenvalue weighted by atomic mass is 9.97. The molecule has 1 aliphatic rings. The maximum Gasteiger partial charge on any atom is 0.250 e. The topological polar surface area (TPSA) is 84.4 Å². The van der Waals surface area contributed by atoms with Gasteiger partial charge in [-0.1, -0.05) is 11.6 Å². The number of hydrogen-bond donors (Lipinski definition) is 1. The van der Waals surface area contributed by atoms with Crippen molar-refractivity contribution >= 4 is 23.2 Å². The molecule has 0 radical (unpaired) electrons. The smallest absolute Gasteiger partial charge is 0.250 e. The minimum Gasteiger partial charge on any atom is -0.472 e. The Morgan fingerprint density at radius 1 is 1.29 bits per heavy atom. The Hall–Kier alpha value is -2.71. The van der Waals surface area contributed by atoms with Crippen molar-refractivity contribution in [2.75, 3.05) is 25.0 Å². The monoisotopic (exact) mass is 404 g/mol. The lowest BCUT2D eigenvalue weighted by Gasteiger charge is -2.29. The molecule has 1 aliphatic heterocycles. The number of amides is 1. The summed E-state index contributed by atoms with van der Waals surface area (Å²) in [4.78, 5) is 14.3. The van der Waals surface area contributed by atoms with Gasteiger partial charge >= 0.3 is 0 Å². The number of aromatic nitrogens is 2. The molecule has 0 spiro atoms. The Kier molecular flexibility index (Phi) is 5.40. The molecule has 0 saturated carbocycles. The fourth-order valence-electron chi connectivity index (χ4n) is 3.22. The highest BCUT2D eigenvalue weighted by Crippen LogP contribution is 2.29. The molecule has 7 nitrogen and oxygen atoms in total. The number of nitrogens with one attached hydrogen (secondary N) is 1. The maximum absolute atomic E-state index is 13.2. The number of nitrogens with zero attached hydrogens (tertiary/aromatic N) is 3. The van der Waals surface area contributed by atoms with Gasteiger partial charge in [-0.3, -0.25) is 9.69 Å². The second-order valence-electron chi connectivity index (χ2n) is 6.68. The molecule has 1 aromatic carbocycles. The highest BCUT2D eigenvalue weighted by atomic mass is 35.5. The zero-order valence-corrected chi connectivity index (χ0v) is 15.7. The molecule has 1 amide bonds. The van der Waals surface area contributed by atoms with E-state index in [2.05, 4.69) is 20.4 Å². The van der Waals surface area contributed by atoms with E-state index in [1.54, 1.807) is 18.6 Å². The van der Waals surface area contributed by atoms with E-state index in [9.17, 15) is 9.18 Å². The number of piperidine rings is 1. The van der Waals surface area contributed by atoms with Crippen LogP contribution in [0, 0.1) is 5.82 Å². The van der Waals surface area contributed by atoms with E-state index < -0.39 is 5.82 Å². The number of furan rings is 1. The fraction of sp³-hybridized carbons (Fsp3) is 0.316. The van der Waals surface area contributed by atoms with Gasteiger partial charge in [-0.05, 0) is 50.2 Å². The molecule has 1 saturated heterocycles. The van der Waals surface area contributed by atoms with E-state index >= 15 is 0 Å². The summed E-state index contributed by atoms with van der Waals surface area (Å²) in [5.74, 6) is 0.549. The molecular weight excluding hydrogens is 387 g/mol. The van der Waals surface area contributed by atoms with E-state index in [1.807, 2.05) is 0 Å². The van der Waals surface area contributed by atoms with Crippen LogP contribution in [0.1, 0.15) is 24.7 Å². The summed E-state index contributed by atoms with van der Waals surface area (Å²) in [6, 6.07) is 5.88. The largest absolute Gasteiger partial charge is 0.472 e. The van der Waals surface area contributed by atoms with Crippen LogP contribution in [0.2, 0.25) is 5.02 Å². The Morgan fingerprint density at radius 2 is 2.11 bits per heavy atom. The van der Waals surface area contributed by atoms with Gasteiger partial charge in [0.25, 0.3) is 5.89 Å². The number of rotatable bonds is 5. The van der Waals surface area contributed by atoms with Crippen molar-refractivity contribution in [2.24, 2.45) is 0 Å². The van der Waals surface area contributed by atoms with Crippen LogP contribution in [0.3, 0.4) is 0 Å². The molecule has 3 heterocycles. The molecule has 0 unspecified atom stereocenters. The number of likely N-dealkylation sites (tertiary alicyclic amines) is 1. The van der Waals surface area contributed by atoms with Crippen LogP contribution in [0.5, 0.6) is 0 Å². The van der Waals surface area contributed by atoms with Gasteiger partial charge in [-0.15, -0.1) is 10.2 Å². The van der Waals surface area contributed by atoms with Gasteiger partial charge < -0.3 is 14.2 Å². The molecule has 4 rings (SSSR count). The summed E-state index contributed by atoms with van der Waals surface area (Å²) in [5, 5.41) is 10.9. The van der Waals surface area contributed by atoms with Crippen molar-refractivity contribution in [1.29, 1.82) is 0 Å². The van der Waals surface area contributed by atoms with Crippen LogP contribution < -0.4 is 5.32 Å². The molecule has 1 fully saturated rings. The average Bonchev–Trinajstić information content (AvgIpc) is 3.37. The van der Waals surface area contributed by atoms with Crippen molar-refractivity contribution in [1.82, 2.24) is 15.1 Å². The van der Waals surface area contributed by atoms with Crippen molar-refractivity contribution in [2.45, 2.75) is 18.8 Å². The van der Waals surface area contributed by atoms with Crippen LogP contribution in [0.15, 0.2) is 45.6 Å². The highest BCUT2D eigenvalue weighted by molar-refractivity contribution is 6.31. The van der Waals surface area contributed by atoms with E-state index in [0.29, 0.717) is 17.5 Å². The second kappa shape index (κ2) is 8.12. The maximum atomic E-state index is 13.2. The summed E-state index contributed by atoms with van der Waals surface area (Å²) in [6.45, 7) is 1.74. The van der Waals surface area contributed by atoms with Crippen molar-refractivity contribution in [3.8, 4) is 11.5 Å². The first-order valence-electron chi connectivity index (χ1n) is 8.92. The summed E-state index contributed by atoms with van der Waals surface area (Å²) in [6.07, 6.45) is 4.76.